The second-order valence-electron chi connectivity index (χ2n) is 2.68. The Labute approximate surface area is 85.8 Å². The van der Waals surface area contributed by atoms with Crippen molar-refractivity contribution in [2.75, 3.05) is 7.11 Å². The minimum absolute atomic E-state index is 0.200. The number of nitro groups is 1. The molecule has 0 bridgehead atoms. The van der Waals surface area contributed by atoms with Crippen LogP contribution in [0, 0.1) is 10.1 Å². The number of hydrogen-bond acceptors (Lipinski definition) is 4. The lowest BCUT2D eigenvalue weighted by Crippen LogP contribution is -2.17. The molecule has 0 saturated heterocycles. The second-order valence-corrected chi connectivity index (χ2v) is 2.68. The van der Waals surface area contributed by atoms with Crippen molar-refractivity contribution in [3.05, 3.63) is 32.1 Å². The van der Waals surface area contributed by atoms with Crippen molar-refractivity contribution in [1.29, 1.82) is 0 Å². The number of alkyl halides is 3. The molecule has 0 fully saturated rings. The SMILES string of the molecule is COc1c([N+](=O)[O-])[nH]c(C(F)(F)F)cc1=O. The van der Waals surface area contributed by atoms with Gasteiger partial charge in [-0.1, -0.05) is 0 Å². The largest absolute Gasteiger partial charge is 0.486 e. The van der Waals surface area contributed by atoms with Gasteiger partial charge >= 0.3 is 12.0 Å². The first-order valence-electron chi connectivity index (χ1n) is 3.80. The number of methoxy groups -OCH3 is 1. The highest BCUT2D eigenvalue weighted by Crippen LogP contribution is 2.30. The minimum Gasteiger partial charge on any atom is -0.486 e. The van der Waals surface area contributed by atoms with Gasteiger partial charge in [-0.3, -0.25) is 4.79 Å². The molecule has 0 saturated carbocycles. The van der Waals surface area contributed by atoms with E-state index in [1.165, 1.54) is 4.98 Å². The molecule has 88 valence electrons. The molecule has 1 aromatic heterocycles. The Morgan fingerprint density at radius 2 is 2.06 bits per heavy atom. The third-order valence-corrected chi connectivity index (χ3v) is 1.66. The molecule has 0 atom stereocenters. The molecule has 0 radical (unpaired) electrons. The molecule has 0 aromatic carbocycles. The molecule has 0 spiro atoms. The molecule has 0 aliphatic rings. The quantitative estimate of drug-likeness (QED) is 0.621. The van der Waals surface area contributed by atoms with Gasteiger partial charge in [-0.25, -0.2) is 4.98 Å². The van der Waals surface area contributed by atoms with Crippen molar-refractivity contribution in [2.24, 2.45) is 0 Å². The number of nitrogens with zero attached hydrogens (tertiary/aromatic N) is 1. The fourth-order valence-electron chi connectivity index (χ4n) is 1.01. The van der Waals surface area contributed by atoms with Gasteiger partial charge in [-0.2, -0.15) is 13.2 Å². The summed E-state index contributed by atoms with van der Waals surface area (Å²) in [5, 5.41) is 10.4. The van der Waals surface area contributed by atoms with Gasteiger partial charge in [0.25, 0.3) is 5.75 Å². The number of H-pyrrole nitrogens is 1. The van der Waals surface area contributed by atoms with Gasteiger partial charge in [0.2, 0.25) is 11.1 Å². The average molecular weight is 238 g/mol. The highest BCUT2D eigenvalue weighted by atomic mass is 19.4. The Morgan fingerprint density at radius 3 is 2.44 bits per heavy atom. The van der Waals surface area contributed by atoms with Crippen molar-refractivity contribution in [1.82, 2.24) is 4.98 Å². The molecule has 1 aromatic rings. The first kappa shape index (κ1) is 12.0. The summed E-state index contributed by atoms with van der Waals surface area (Å²) in [4.78, 5) is 21.8. The van der Waals surface area contributed by atoms with E-state index in [-0.39, 0.29) is 6.07 Å². The van der Waals surface area contributed by atoms with Crippen LogP contribution >= 0.6 is 0 Å². The van der Waals surface area contributed by atoms with E-state index in [4.69, 9.17) is 0 Å². The van der Waals surface area contributed by atoms with Crippen LogP contribution in [0.2, 0.25) is 0 Å². The Morgan fingerprint density at radius 1 is 1.50 bits per heavy atom. The molecular weight excluding hydrogens is 233 g/mol. The van der Waals surface area contributed by atoms with E-state index in [1.807, 2.05) is 0 Å². The summed E-state index contributed by atoms with van der Waals surface area (Å²) >= 11 is 0. The lowest BCUT2D eigenvalue weighted by molar-refractivity contribution is -0.391. The van der Waals surface area contributed by atoms with Crippen LogP contribution in [0.25, 0.3) is 0 Å². The molecule has 0 amide bonds. The summed E-state index contributed by atoms with van der Waals surface area (Å²) in [5.41, 5.74) is -2.70. The zero-order valence-corrected chi connectivity index (χ0v) is 7.79. The molecule has 6 nitrogen and oxygen atoms in total. The van der Waals surface area contributed by atoms with Gasteiger partial charge in [0.15, 0.2) is 0 Å². The number of ether oxygens (including phenoxy) is 1. The second kappa shape index (κ2) is 3.83. The van der Waals surface area contributed by atoms with Gasteiger partial charge in [0.05, 0.1) is 7.11 Å². The summed E-state index contributed by atoms with van der Waals surface area (Å²) in [6.07, 6.45) is -4.86. The maximum absolute atomic E-state index is 12.2. The van der Waals surface area contributed by atoms with Crippen LogP contribution in [-0.2, 0) is 6.18 Å². The van der Waals surface area contributed by atoms with Crippen molar-refractivity contribution >= 4 is 5.82 Å². The van der Waals surface area contributed by atoms with Crippen LogP contribution in [-0.4, -0.2) is 17.0 Å². The molecule has 1 rings (SSSR count). The maximum Gasteiger partial charge on any atom is 0.453 e. The average Bonchev–Trinajstić information content (AvgIpc) is 2.14. The fraction of sp³-hybridized carbons (Fsp3) is 0.286. The zero-order chi connectivity index (χ0) is 12.5. The lowest BCUT2D eigenvalue weighted by atomic mass is 10.3. The molecule has 9 heteroatoms. The van der Waals surface area contributed by atoms with Crippen LogP contribution in [0.15, 0.2) is 10.9 Å². The van der Waals surface area contributed by atoms with E-state index in [2.05, 4.69) is 4.74 Å². The number of halogens is 3. The van der Waals surface area contributed by atoms with E-state index in [0.29, 0.717) is 0 Å². The maximum atomic E-state index is 12.2. The van der Waals surface area contributed by atoms with E-state index < -0.39 is 33.8 Å². The number of rotatable bonds is 2. The summed E-state index contributed by atoms with van der Waals surface area (Å²) in [6.45, 7) is 0. The van der Waals surface area contributed by atoms with E-state index in [0.717, 1.165) is 7.11 Å². The number of aromatic nitrogens is 1. The predicted molar refractivity (Wildman–Crippen MR) is 45.3 cm³/mol. The molecule has 0 unspecified atom stereocenters. The van der Waals surface area contributed by atoms with Crippen LogP contribution < -0.4 is 10.2 Å². The molecule has 16 heavy (non-hydrogen) atoms. The van der Waals surface area contributed by atoms with Crippen LogP contribution in [0.5, 0.6) is 5.75 Å². The molecule has 0 aliphatic heterocycles. The summed E-state index contributed by atoms with van der Waals surface area (Å²) < 4.78 is 41.0. The highest BCUT2D eigenvalue weighted by Gasteiger charge is 2.37. The molecule has 1 heterocycles. The number of nitrogens with one attached hydrogen (secondary N) is 1. The number of hydrogen-bond donors (Lipinski definition) is 1. The molecule has 0 aliphatic carbocycles. The third-order valence-electron chi connectivity index (χ3n) is 1.66. The standard InChI is InChI=1S/C7H5F3N2O4/c1-16-5-3(13)2-4(7(8,9)10)11-6(5)12(14)15/h2H,1H3,(H,11,13). The fourth-order valence-corrected chi connectivity index (χ4v) is 1.01. The van der Waals surface area contributed by atoms with E-state index in [1.54, 1.807) is 0 Å². The molecule has 1 N–H and O–H groups in total. The molecular formula is C7H5F3N2O4. The van der Waals surface area contributed by atoms with Gasteiger partial charge in [-0.05, 0) is 4.92 Å². The summed E-state index contributed by atoms with van der Waals surface area (Å²) in [6, 6.07) is 0.200. The smallest absolute Gasteiger partial charge is 0.453 e. The topological polar surface area (TPSA) is 85.2 Å². The first-order valence-corrected chi connectivity index (χ1v) is 3.80. The zero-order valence-electron chi connectivity index (χ0n) is 7.79. The van der Waals surface area contributed by atoms with Crippen LogP contribution in [0.3, 0.4) is 0 Å². The number of aromatic amines is 1. The Hall–Kier alpha value is -2.06. The lowest BCUT2D eigenvalue weighted by Gasteiger charge is -2.06. The van der Waals surface area contributed by atoms with Gasteiger partial charge < -0.3 is 14.9 Å². The van der Waals surface area contributed by atoms with Crippen molar-refractivity contribution in [3.63, 3.8) is 0 Å². The van der Waals surface area contributed by atoms with E-state index in [9.17, 15) is 28.1 Å². The Kier molecular flexibility index (Phi) is 2.88. The van der Waals surface area contributed by atoms with Crippen molar-refractivity contribution < 1.29 is 22.8 Å². The Bertz CT molecular complexity index is 480. The van der Waals surface area contributed by atoms with Crippen molar-refractivity contribution in [3.8, 4) is 5.75 Å². The predicted octanol–water partition coefficient (Wildman–Crippen LogP) is 1.31. The summed E-state index contributed by atoms with van der Waals surface area (Å²) in [7, 11) is 0.949. The first-order chi connectivity index (χ1) is 7.27. The van der Waals surface area contributed by atoms with Crippen LogP contribution in [0.4, 0.5) is 19.0 Å². The van der Waals surface area contributed by atoms with E-state index >= 15 is 0 Å². The van der Waals surface area contributed by atoms with Crippen LogP contribution in [0.1, 0.15) is 5.69 Å². The normalized spacial score (nSPS) is 11.2. The highest BCUT2D eigenvalue weighted by molar-refractivity contribution is 5.40. The summed E-state index contributed by atoms with van der Waals surface area (Å²) in [5.74, 6) is -1.89. The van der Waals surface area contributed by atoms with Crippen molar-refractivity contribution in [2.45, 2.75) is 6.18 Å². The van der Waals surface area contributed by atoms with Gasteiger partial charge in [0, 0.05) is 6.07 Å². The van der Waals surface area contributed by atoms with Gasteiger partial charge in [0.1, 0.15) is 0 Å². The minimum atomic E-state index is -4.86. The monoisotopic (exact) mass is 238 g/mol. The third kappa shape index (κ3) is 2.12. The number of pyridine rings is 1. The van der Waals surface area contributed by atoms with Gasteiger partial charge in [-0.15, -0.1) is 0 Å². The Balaban J connectivity index is 3.53.